The lowest BCUT2D eigenvalue weighted by Gasteiger charge is -2.36. The number of carbonyl (C=O) groups is 1. The molecule has 1 aliphatic heterocycles. The SMILES string of the molecule is C[C@H](CCn1cccn1)N1CCC(n2nccc2NC(=O)c2cccnc2)CC1. The molecule has 0 spiro atoms. The summed E-state index contributed by atoms with van der Waals surface area (Å²) < 4.78 is 3.95. The van der Waals surface area contributed by atoms with Gasteiger partial charge in [-0.15, -0.1) is 0 Å². The Hall–Kier alpha value is -3.00. The van der Waals surface area contributed by atoms with Gasteiger partial charge >= 0.3 is 0 Å². The minimum Gasteiger partial charge on any atom is -0.307 e. The zero-order valence-corrected chi connectivity index (χ0v) is 16.7. The molecule has 4 rings (SSSR count). The Morgan fingerprint density at radius 2 is 2.03 bits per heavy atom. The van der Waals surface area contributed by atoms with Crippen molar-refractivity contribution in [2.75, 3.05) is 18.4 Å². The van der Waals surface area contributed by atoms with Crippen molar-refractivity contribution < 1.29 is 4.79 Å². The maximum absolute atomic E-state index is 12.5. The lowest BCUT2D eigenvalue weighted by atomic mass is 10.0. The fraction of sp³-hybridized carbons (Fsp3) is 0.429. The number of hydrogen-bond acceptors (Lipinski definition) is 5. The monoisotopic (exact) mass is 393 g/mol. The molecule has 0 aliphatic carbocycles. The first kappa shape index (κ1) is 19.3. The molecule has 1 N–H and O–H groups in total. The average molecular weight is 393 g/mol. The molecule has 1 saturated heterocycles. The normalized spacial score (nSPS) is 16.6. The number of anilines is 1. The van der Waals surface area contributed by atoms with Gasteiger partial charge in [-0.3, -0.25) is 14.5 Å². The molecular formula is C21H27N7O. The number of amides is 1. The number of nitrogens with one attached hydrogen (secondary N) is 1. The fourth-order valence-electron chi connectivity index (χ4n) is 3.90. The highest BCUT2D eigenvalue weighted by Gasteiger charge is 2.25. The Kier molecular flexibility index (Phi) is 6.00. The predicted octanol–water partition coefficient (Wildman–Crippen LogP) is 2.84. The van der Waals surface area contributed by atoms with Crippen molar-refractivity contribution in [2.24, 2.45) is 0 Å². The Morgan fingerprint density at radius 1 is 1.17 bits per heavy atom. The first-order chi connectivity index (χ1) is 14.2. The maximum atomic E-state index is 12.5. The van der Waals surface area contributed by atoms with Crippen LogP contribution in [0.1, 0.15) is 42.6 Å². The second-order valence-corrected chi connectivity index (χ2v) is 7.53. The van der Waals surface area contributed by atoms with E-state index in [0.29, 0.717) is 17.6 Å². The number of rotatable bonds is 7. The van der Waals surface area contributed by atoms with E-state index in [9.17, 15) is 4.79 Å². The van der Waals surface area contributed by atoms with Crippen molar-refractivity contribution in [3.8, 4) is 0 Å². The van der Waals surface area contributed by atoms with E-state index in [1.54, 1.807) is 30.7 Å². The molecule has 0 aromatic carbocycles. The van der Waals surface area contributed by atoms with Gasteiger partial charge in [0.05, 0.1) is 17.8 Å². The van der Waals surface area contributed by atoms with E-state index in [-0.39, 0.29) is 5.91 Å². The summed E-state index contributed by atoms with van der Waals surface area (Å²) in [6, 6.07) is 8.14. The summed E-state index contributed by atoms with van der Waals surface area (Å²) in [5, 5.41) is 11.7. The van der Waals surface area contributed by atoms with Gasteiger partial charge in [-0.25, -0.2) is 4.68 Å². The molecule has 0 unspecified atom stereocenters. The summed E-state index contributed by atoms with van der Waals surface area (Å²) in [6.07, 6.45) is 11.9. The van der Waals surface area contributed by atoms with E-state index in [2.05, 4.69) is 32.3 Å². The standard InChI is InChI=1S/C21H27N7O/c1-17(6-15-27-12-3-10-23-27)26-13-7-19(8-14-26)28-20(5-11-24-28)25-21(29)18-4-2-9-22-16-18/h2-5,9-12,16-17,19H,6-8,13-15H2,1H3,(H,25,29)/t17-/m1/s1. The van der Waals surface area contributed by atoms with Crippen LogP contribution < -0.4 is 5.32 Å². The minimum absolute atomic E-state index is 0.162. The molecule has 0 bridgehead atoms. The minimum atomic E-state index is -0.162. The van der Waals surface area contributed by atoms with Crippen molar-refractivity contribution in [3.05, 3.63) is 60.8 Å². The molecule has 0 saturated carbocycles. The van der Waals surface area contributed by atoms with Gasteiger partial charge in [0.1, 0.15) is 5.82 Å². The van der Waals surface area contributed by atoms with Crippen LogP contribution in [0, 0.1) is 0 Å². The van der Waals surface area contributed by atoms with Crippen molar-refractivity contribution >= 4 is 11.7 Å². The molecule has 1 amide bonds. The third-order valence-electron chi connectivity index (χ3n) is 5.64. The zero-order valence-electron chi connectivity index (χ0n) is 16.7. The second-order valence-electron chi connectivity index (χ2n) is 7.53. The molecule has 4 heterocycles. The van der Waals surface area contributed by atoms with E-state index in [4.69, 9.17) is 0 Å². The van der Waals surface area contributed by atoms with Crippen molar-refractivity contribution in [1.82, 2.24) is 29.4 Å². The van der Waals surface area contributed by atoms with Crippen LogP contribution in [0.3, 0.4) is 0 Å². The molecule has 29 heavy (non-hydrogen) atoms. The largest absolute Gasteiger partial charge is 0.307 e. The number of pyridine rings is 1. The van der Waals surface area contributed by atoms with Crippen LogP contribution >= 0.6 is 0 Å². The molecule has 3 aromatic rings. The second kappa shape index (κ2) is 9.00. The van der Waals surface area contributed by atoms with Crippen LogP contribution in [0.2, 0.25) is 0 Å². The number of aryl methyl sites for hydroxylation is 1. The van der Waals surface area contributed by atoms with Crippen LogP contribution in [0.25, 0.3) is 0 Å². The molecule has 8 heteroatoms. The molecule has 152 valence electrons. The van der Waals surface area contributed by atoms with Gasteiger partial charge in [0.15, 0.2) is 0 Å². The lowest BCUT2D eigenvalue weighted by molar-refractivity contribution is 0.102. The van der Waals surface area contributed by atoms with Crippen LogP contribution in [-0.4, -0.2) is 54.5 Å². The molecule has 1 aliphatic rings. The third-order valence-corrected chi connectivity index (χ3v) is 5.64. The zero-order chi connectivity index (χ0) is 20.1. The number of piperidine rings is 1. The highest BCUT2D eigenvalue weighted by atomic mass is 16.1. The van der Waals surface area contributed by atoms with Gasteiger partial charge in [0.2, 0.25) is 0 Å². The first-order valence-corrected chi connectivity index (χ1v) is 10.2. The lowest BCUT2D eigenvalue weighted by Crippen LogP contribution is -2.41. The van der Waals surface area contributed by atoms with Crippen LogP contribution in [0.5, 0.6) is 0 Å². The Balaban J connectivity index is 1.31. The van der Waals surface area contributed by atoms with Crippen molar-refractivity contribution in [1.29, 1.82) is 0 Å². The van der Waals surface area contributed by atoms with Crippen LogP contribution in [0.15, 0.2) is 55.2 Å². The highest BCUT2D eigenvalue weighted by Crippen LogP contribution is 2.27. The summed E-state index contributed by atoms with van der Waals surface area (Å²) in [7, 11) is 0. The topological polar surface area (TPSA) is 80.9 Å². The predicted molar refractivity (Wildman–Crippen MR) is 111 cm³/mol. The quantitative estimate of drug-likeness (QED) is 0.668. The number of likely N-dealkylation sites (tertiary alicyclic amines) is 1. The van der Waals surface area contributed by atoms with Crippen molar-refractivity contribution in [2.45, 2.75) is 44.8 Å². The molecule has 1 fully saturated rings. The van der Waals surface area contributed by atoms with E-state index in [1.807, 2.05) is 33.9 Å². The van der Waals surface area contributed by atoms with E-state index >= 15 is 0 Å². The van der Waals surface area contributed by atoms with Crippen molar-refractivity contribution in [3.63, 3.8) is 0 Å². The summed E-state index contributed by atoms with van der Waals surface area (Å²) >= 11 is 0. The van der Waals surface area contributed by atoms with Gasteiger partial charge in [-0.2, -0.15) is 10.2 Å². The highest BCUT2D eigenvalue weighted by molar-refractivity contribution is 6.03. The smallest absolute Gasteiger partial charge is 0.258 e. The molecule has 1 atom stereocenters. The average Bonchev–Trinajstić information content (AvgIpc) is 3.45. The van der Waals surface area contributed by atoms with Gasteiger partial charge in [0.25, 0.3) is 5.91 Å². The number of aromatic nitrogens is 5. The third kappa shape index (κ3) is 4.71. The number of hydrogen-bond donors (Lipinski definition) is 1. The first-order valence-electron chi connectivity index (χ1n) is 10.2. The van der Waals surface area contributed by atoms with E-state index in [1.165, 1.54) is 0 Å². The molecule has 8 nitrogen and oxygen atoms in total. The Bertz CT molecular complexity index is 898. The van der Waals surface area contributed by atoms with Gasteiger partial charge < -0.3 is 10.2 Å². The van der Waals surface area contributed by atoms with Gasteiger partial charge in [-0.05, 0) is 44.4 Å². The number of carbonyl (C=O) groups excluding carboxylic acids is 1. The van der Waals surface area contributed by atoms with Gasteiger partial charge in [-0.1, -0.05) is 0 Å². The summed E-state index contributed by atoms with van der Waals surface area (Å²) in [5.74, 6) is 0.577. The summed E-state index contributed by atoms with van der Waals surface area (Å²) in [6.45, 7) is 5.29. The number of nitrogens with zero attached hydrogens (tertiary/aromatic N) is 6. The molecule has 0 radical (unpaired) electrons. The Morgan fingerprint density at radius 3 is 2.76 bits per heavy atom. The summed E-state index contributed by atoms with van der Waals surface area (Å²) in [5.41, 5.74) is 0.543. The van der Waals surface area contributed by atoms with Gasteiger partial charge in [0, 0.05) is 56.5 Å². The Labute approximate surface area is 170 Å². The maximum Gasteiger partial charge on any atom is 0.258 e. The summed E-state index contributed by atoms with van der Waals surface area (Å²) in [4.78, 5) is 19.0. The van der Waals surface area contributed by atoms with E-state index < -0.39 is 0 Å². The van der Waals surface area contributed by atoms with Crippen LogP contribution in [-0.2, 0) is 6.54 Å². The van der Waals surface area contributed by atoms with Crippen LogP contribution in [0.4, 0.5) is 5.82 Å². The molecular weight excluding hydrogens is 366 g/mol. The van der Waals surface area contributed by atoms with E-state index in [0.717, 1.165) is 44.7 Å². The fourth-order valence-corrected chi connectivity index (χ4v) is 3.90. The molecule has 3 aromatic heterocycles.